The number of aliphatic carboxylic acids is 1. The molecule has 1 aromatic carbocycles. The zero-order chi connectivity index (χ0) is 19.8. The fourth-order valence-corrected chi connectivity index (χ4v) is 4.44. The second kappa shape index (κ2) is 7.14. The van der Waals surface area contributed by atoms with Crippen molar-refractivity contribution in [1.82, 2.24) is 9.80 Å². The van der Waals surface area contributed by atoms with Crippen LogP contribution >= 0.6 is 0 Å². The molecule has 0 bridgehead atoms. The number of nitrogens with zero attached hydrogens (tertiary/aromatic N) is 2. The monoisotopic (exact) mass is 384 g/mol. The molecule has 0 saturated carbocycles. The standard InChI is InChI=1S/C19H23F3N2O3/c1-23-9-4-7-18(17(26)27)8-10-24(12-15(18)23)16(25)11-13-5-2-3-6-14(13)19(20,21)22/h2-3,5-6,15H,4,7-12H2,1H3,(H,26,27)/t15-,18+/m1/s1. The third-order valence-corrected chi connectivity index (χ3v) is 5.97. The Morgan fingerprint density at radius 2 is 1.93 bits per heavy atom. The van der Waals surface area contributed by atoms with Gasteiger partial charge in [0, 0.05) is 19.1 Å². The van der Waals surface area contributed by atoms with Crippen LogP contribution in [0.25, 0.3) is 0 Å². The van der Waals surface area contributed by atoms with Crippen molar-refractivity contribution in [2.45, 2.75) is 37.9 Å². The number of benzene rings is 1. The summed E-state index contributed by atoms with van der Waals surface area (Å²) in [5, 5.41) is 9.77. The Hall–Kier alpha value is -2.09. The Kier molecular flexibility index (Phi) is 5.20. The van der Waals surface area contributed by atoms with Gasteiger partial charge in [0.25, 0.3) is 0 Å². The molecule has 27 heavy (non-hydrogen) atoms. The van der Waals surface area contributed by atoms with E-state index in [1.54, 1.807) is 0 Å². The van der Waals surface area contributed by atoms with Crippen LogP contribution in [0.2, 0.25) is 0 Å². The maximum absolute atomic E-state index is 13.2. The summed E-state index contributed by atoms with van der Waals surface area (Å²) < 4.78 is 39.5. The first-order valence-corrected chi connectivity index (χ1v) is 9.01. The lowest BCUT2D eigenvalue weighted by Crippen LogP contribution is -2.63. The van der Waals surface area contributed by atoms with Crippen molar-refractivity contribution in [2.24, 2.45) is 5.41 Å². The Labute approximate surface area is 155 Å². The lowest BCUT2D eigenvalue weighted by molar-refractivity contribution is -0.165. The molecule has 2 aliphatic heterocycles. The largest absolute Gasteiger partial charge is 0.481 e. The zero-order valence-electron chi connectivity index (χ0n) is 15.1. The number of hydrogen-bond acceptors (Lipinski definition) is 3. The van der Waals surface area contributed by atoms with Crippen LogP contribution in [0.1, 0.15) is 30.4 Å². The number of likely N-dealkylation sites (tertiary alicyclic amines) is 2. The quantitative estimate of drug-likeness (QED) is 0.871. The van der Waals surface area contributed by atoms with Crippen LogP contribution in [0.4, 0.5) is 13.2 Å². The topological polar surface area (TPSA) is 60.9 Å². The van der Waals surface area contributed by atoms with Crippen molar-refractivity contribution in [2.75, 3.05) is 26.7 Å². The van der Waals surface area contributed by atoms with Crippen LogP contribution in [-0.4, -0.2) is 59.5 Å². The minimum atomic E-state index is -4.51. The minimum Gasteiger partial charge on any atom is -0.481 e. The van der Waals surface area contributed by atoms with Crippen LogP contribution in [0.15, 0.2) is 24.3 Å². The number of carboxylic acids is 1. The van der Waals surface area contributed by atoms with E-state index in [2.05, 4.69) is 0 Å². The highest BCUT2D eigenvalue weighted by atomic mass is 19.4. The Morgan fingerprint density at radius 3 is 2.59 bits per heavy atom. The summed E-state index contributed by atoms with van der Waals surface area (Å²) in [5.74, 6) is -1.25. The molecule has 0 aliphatic carbocycles. The van der Waals surface area contributed by atoms with Gasteiger partial charge in [0.15, 0.2) is 0 Å². The summed E-state index contributed by atoms with van der Waals surface area (Å²) in [6.07, 6.45) is -3.18. The molecule has 2 heterocycles. The van der Waals surface area contributed by atoms with E-state index in [-0.39, 0.29) is 31.1 Å². The lowest BCUT2D eigenvalue weighted by atomic mass is 9.68. The number of carbonyl (C=O) groups excluding carboxylic acids is 1. The van der Waals surface area contributed by atoms with Gasteiger partial charge in [0.1, 0.15) is 0 Å². The molecule has 5 nitrogen and oxygen atoms in total. The van der Waals surface area contributed by atoms with Crippen molar-refractivity contribution in [3.8, 4) is 0 Å². The summed E-state index contributed by atoms with van der Waals surface area (Å²) in [7, 11) is 1.84. The van der Waals surface area contributed by atoms with Crippen molar-refractivity contribution < 1.29 is 27.9 Å². The Balaban J connectivity index is 1.77. The normalized spacial score (nSPS) is 26.5. The summed E-state index contributed by atoms with van der Waals surface area (Å²) in [6.45, 7) is 1.23. The van der Waals surface area contributed by atoms with E-state index in [1.807, 2.05) is 11.9 Å². The first-order chi connectivity index (χ1) is 12.6. The molecule has 1 N–H and O–H groups in total. The van der Waals surface area contributed by atoms with Crippen molar-refractivity contribution in [3.05, 3.63) is 35.4 Å². The minimum absolute atomic E-state index is 0.0536. The molecule has 8 heteroatoms. The first kappa shape index (κ1) is 19.7. The molecule has 2 atom stereocenters. The van der Waals surface area contributed by atoms with Gasteiger partial charge >= 0.3 is 12.1 Å². The van der Waals surface area contributed by atoms with E-state index in [0.29, 0.717) is 12.8 Å². The molecular weight excluding hydrogens is 361 g/mol. The summed E-state index contributed by atoms with van der Waals surface area (Å²) in [5.41, 5.74) is -1.74. The fourth-order valence-electron chi connectivity index (χ4n) is 4.44. The van der Waals surface area contributed by atoms with E-state index in [0.717, 1.165) is 19.0 Å². The molecule has 1 amide bonds. The molecule has 0 spiro atoms. The smallest absolute Gasteiger partial charge is 0.416 e. The van der Waals surface area contributed by atoms with Crippen LogP contribution in [0, 0.1) is 5.41 Å². The van der Waals surface area contributed by atoms with Crippen LogP contribution < -0.4 is 0 Å². The summed E-state index contributed by atoms with van der Waals surface area (Å²) in [6, 6.07) is 4.76. The third-order valence-electron chi connectivity index (χ3n) is 5.97. The van der Waals surface area contributed by atoms with E-state index in [9.17, 15) is 27.9 Å². The van der Waals surface area contributed by atoms with Gasteiger partial charge in [-0.3, -0.25) is 9.59 Å². The third kappa shape index (κ3) is 3.67. The molecule has 2 fully saturated rings. The zero-order valence-corrected chi connectivity index (χ0v) is 15.1. The number of fused-ring (bicyclic) bond motifs is 1. The molecule has 0 unspecified atom stereocenters. The Morgan fingerprint density at radius 1 is 1.22 bits per heavy atom. The van der Waals surface area contributed by atoms with Crippen LogP contribution in [0.3, 0.4) is 0 Å². The lowest BCUT2D eigenvalue weighted by Gasteiger charge is -2.51. The number of amides is 1. The molecule has 1 aromatic rings. The predicted octanol–water partition coefficient (Wildman–Crippen LogP) is 2.65. The van der Waals surface area contributed by atoms with E-state index < -0.39 is 29.0 Å². The molecular formula is C19H23F3N2O3. The highest BCUT2D eigenvalue weighted by Gasteiger charge is 2.52. The second-order valence-electron chi connectivity index (χ2n) is 7.48. The SMILES string of the molecule is CN1CCC[C@]2(C(=O)O)CCN(C(=O)Cc3ccccc3C(F)(F)F)C[C@@H]12. The van der Waals surface area contributed by atoms with Gasteiger partial charge in [0.2, 0.25) is 5.91 Å². The highest BCUT2D eigenvalue weighted by Crippen LogP contribution is 2.42. The number of carboxylic acid groups (broad SMARTS) is 1. The molecule has 2 aliphatic rings. The molecule has 2 saturated heterocycles. The maximum atomic E-state index is 13.2. The number of halogens is 3. The number of likely N-dealkylation sites (N-methyl/N-ethyl adjacent to an activating group) is 1. The van der Waals surface area contributed by atoms with E-state index in [4.69, 9.17) is 0 Å². The van der Waals surface area contributed by atoms with Crippen molar-refractivity contribution in [1.29, 1.82) is 0 Å². The summed E-state index contributed by atoms with van der Waals surface area (Å²) >= 11 is 0. The van der Waals surface area contributed by atoms with Gasteiger partial charge < -0.3 is 14.9 Å². The van der Waals surface area contributed by atoms with Crippen LogP contribution in [-0.2, 0) is 22.2 Å². The van der Waals surface area contributed by atoms with Gasteiger partial charge in [-0.2, -0.15) is 13.2 Å². The van der Waals surface area contributed by atoms with Gasteiger partial charge in [0.05, 0.1) is 17.4 Å². The maximum Gasteiger partial charge on any atom is 0.416 e. The number of piperidine rings is 2. The number of alkyl halides is 3. The summed E-state index contributed by atoms with van der Waals surface area (Å²) in [4.78, 5) is 28.1. The van der Waals surface area contributed by atoms with Gasteiger partial charge in [-0.15, -0.1) is 0 Å². The van der Waals surface area contributed by atoms with Crippen molar-refractivity contribution >= 4 is 11.9 Å². The number of carbonyl (C=O) groups is 2. The van der Waals surface area contributed by atoms with E-state index in [1.165, 1.54) is 23.1 Å². The highest BCUT2D eigenvalue weighted by molar-refractivity contribution is 5.81. The van der Waals surface area contributed by atoms with Gasteiger partial charge in [-0.05, 0) is 44.5 Å². The molecule has 0 aromatic heterocycles. The number of rotatable bonds is 3. The molecule has 0 radical (unpaired) electrons. The first-order valence-electron chi connectivity index (χ1n) is 9.01. The average Bonchev–Trinajstić information content (AvgIpc) is 2.61. The van der Waals surface area contributed by atoms with E-state index >= 15 is 0 Å². The Bertz CT molecular complexity index is 737. The van der Waals surface area contributed by atoms with Gasteiger partial charge in [-0.1, -0.05) is 18.2 Å². The second-order valence-corrected chi connectivity index (χ2v) is 7.48. The van der Waals surface area contributed by atoms with Gasteiger partial charge in [-0.25, -0.2) is 0 Å². The van der Waals surface area contributed by atoms with Crippen molar-refractivity contribution in [3.63, 3.8) is 0 Å². The molecule has 3 rings (SSSR count). The number of hydrogen-bond donors (Lipinski definition) is 1. The fraction of sp³-hybridized carbons (Fsp3) is 0.579. The van der Waals surface area contributed by atoms with Crippen LogP contribution in [0.5, 0.6) is 0 Å². The average molecular weight is 384 g/mol. The predicted molar refractivity (Wildman–Crippen MR) is 92.1 cm³/mol. The molecule has 148 valence electrons.